The lowest BCUT2D eigenvalue weighted by Crippen LogP contribution is -2.38. The molecule has 0 saturated heterocycles. The van der Waals surface area contributed by atoms with Gasteiger partial charge in [0.15, 0.2) is 0 Å². The minimum absolute atomic E-state index is 0.0789. The van der Waals surface area contributed by atoms with Crippen molar-refractivity contribution in [3.8, 4) is 0 Å². The minimum atomic E-state index is -5.51. The van der Waals surface area contributed by atoms with Gasteiger partial charge in [0.25, 0.3) is 0 Å². The van der Waals surface area contributed by atoms with Crippen LogP contribution in [-0.4, -0.2) is 33.3 Å². The number of oxime groups is 1. The summed E-state index contributed by atoms with van der Waals surface area (Å²) in [5.74, 6) is 0.431. The number of halogens is 3. The van der Waals surface area contributed by atoms with Crippen molar-refractivity contribution in [2.24, 2.45) is 11.1 Å². The molecular formula is C19H27F3N2O3S. The van der Waals surface area contributed by atoms with Gasteiger partial charge in [-0.3, -0.25) is 4.31 Å². The van der Waals surface area contributed by atoms with E-state index in [4.69, 9.17) is 4.84 Å². The summed E-state index contributed by atoms with van der Waals surface area (Å²) in [6.45, 7) is 4.04. The fourth-order valence-electron chi connectivity index (χ4n) is 3.32. The first kappa shape index (κ1) is 22.5. The summed E-state index contributed by atoms with van der Waals surface area (Å²) in [4.78, 5) is 5.51. The smallest absolute Gasteiger partial charge is 0.395 e. The van der Waals surface area contributed by atoms with Crippen LogP contribution in [0.2, 0.25) is 0 Å². The van der Waals surface area contributed by atoms with Crippen molar-refractivity contribution in [3.63, 3.8) is 0 Å². The lowest BCUT2D eigenvalue weighted by Gasteiger charge is -2.24. The predicted octanol–water partition coefficient (Wildman–Crippen LogP) is 4.99. The van der Waals surface area contributed by atoms with E-state index in [9.17, 15) is 21.6 Å². The van der Waals surface area contributed by atoms with Crippen LogP contribution >= 0.6 is 0 Å². The molecule has 0 spiro atoms. The fraction of sp³-hybridized carbons (Fsp3) is 0.632. The summed E-state index contributed by atoms with van der Waals surface area (Å²) in [6.07, 6.45) is 6.12. The van der Waals surface area contributed by atoms with Crippen LogP contribution in [0.5, 0.6) is 0 Å². The maximum absolute atomic E-state index is 13.0. The molecular weight excluding hydrogens is 393 g/mol. The van der Waals surface area contributed by atoms with E-state index in [0.717, 1.165) is 25.5 Å². The third-order valence-electron chi connectivity index (χ3n) is 5.00. The molecule has 158 valence electrons. The summed E-state index contributed by atoms with van der Waals surface area (Å²) >= 11 is 0. The second-order valence-corrected chi connectivity index (χ2v) is 9.09. The molecule has 0 aromatic heterocycles. The Balaban J connectivity index is 2.31. The number of hydrogen-bond donors (Lipinski definition) is 0. The van der Waals surface area contributed by atoms with Crippen LogP contribution in [0.1, 0.15) is 56.6 Å². The van der Waals surface area contributed by atoms with Crippen molar-refractivity contribution < 1.29 is 26.4 Å². The van der Waals surface area contributed by atoms with Gasteiger partial charge in [-0.2, -0.15) is 21.6 Å². The van der Waals surface area contributed by atoms with E-state index in [-0.39, 0.29) is 9.99 Å². The van der Waals surface area contributed by atoms with Gasteiger partial charge in [-0.15, -0.1) is 0 Å². The SMILES string of the molecule is CC/C(=N\OCC1CCCCC1)c1cc(C)ccc1N(C)S(=O)(=O)C(F)(F)F. The molecule has 9 heteroatoms. The summed E-state index contributed by atoms with van der Waals surface area (Å²) in [5.41, 5.74) is -3.94. The monoisotopic (exact) mass is 420 g/mol. The van der Waals surface area contributed by atoms with Crippen LogP contribution in [0, 0.1) is 12.8 Å². The van der Waals surface area contributed by atoms with E-state index in [1.165, 1.54) is 25.3 Å². The Morgan fingerprint density at radius 2 is 1.89 bits per heavy atom. The number of sulfonamides is 1. The quantitative estimate of drug-likeness (QED) is 0.461. The molecule has 28 heavy (non-hydrogen) atoms. The molecule has 1 aliphatic rings. The third-order valence-corrected chi connectivity index (χ3v) is 6.50. The van der Waals surface area contributed by atoms with Gasteiger partial charge in [0.2, 0.25) is 0 Å². The number of anilines is 1. The van der Waals surface area contributed by atoms with Crippen molar-refractivity contribution in [1.29, 1.82) is 0 Å². The molecule has 0 N–H and O–H groups in total. The molecule has 1 aliphatic carbocycles. The highest BCUT2D eigenvalue weighted by atomic mass is 32.2. The van der Waals surface area contributed by atoms with Crippen LogP contribution in [0.25, 0.3) is 0 Å². The minimum Gasteiger partial charge on any atom is -0.395 e. The summed E-state index contributed by atoms with van der Waals surface area (Å²) in [5, 5.41) is 4.15. The highest BCUT2D eigenvalue weighted by molar-refractivity contribution is 7.93. The Kier molecular flexibility index (Phi) is 7.36. The van der Waals surface area contributed by atoms with E-state index >= 15 is 0 Å². The van der Waals surface area contributed by atoms with Crippen LogP contribution in [0.4, 0.5) is 18.9 Å². The maximum atomic E-state index is 13.0. The molecule has 0 heterocycles. The number of hydrogen-bond acceptors (Lipinski definition) is 4. The molecule has 0 unspecified atom stereocenters. The van der Waals surface area contributed by atoms with Gasteiger partial charge in [-0.1, -0.05) is 43.0 Å². The van der Waals surface area contributed by atoms with Crippen LogP contribution in [-0.2, 0) is 14.9 Å². The lowest BCUT2D eigenvalue weighted by molar-refractivity contribution is -0.0437. The molecule has 0 bridgehead atoms. The van der Waals surface area contributed by atoms with Gasteiger partial charge in [0.05, 0.1) is 11.4 Å². The Hall–Kier alpha value is -1.77. The van der Waals surface area contributed by atoms with Crippen molar-refractivity contribution in [3.05, 3.63) is 29.3 Å². The molecule has 1 saturated carbocycles. The average Bonchev–Trinajstić information content (AvgIpc) is 2.64. The molecule has 5 nitrogen and oxygen atoms in total. The topological polar surface area (TPSA) is 59.0 Å². The van der Waals surface area contributed by atoms with Crippen molar-refractivity contribution in [2.75, 3.05) is 18.0 Å². The number of nitrogens with zero attached hydrogens (tertiary/aromatic N) is 2. The van der Waals surface area contributed by atoms with Crippen LogP contribution in [0.15, 0.2) is 23.4 Å². The van der Waals surface area contributed by atoms with Gasteiger partial charge in [0.1, 0.15) is 6.61 Å². The molecule has 1 aromatic carbocycles. The average molecular weight is 420 g/mol. The number of rotatable bonds is 7. The lowest BCUT2D eigenvalue weighted by atomic mass is 9.90. The van der Waals surface area contributed by atoms with Crippen molar-refractivity contribution in [1.82, 2.24) is 0 Å². The van der Waals surface area contributed by atoms with E-state index in [1.807, 2.05) is 0 Å². The van der Waals surface area contributed by atoms with Gasteiger partial charge in [-0.25, -0.2) is 0 Å². The number of alkyl halides is 3. The highest BCUT2D eigenvalue weighted by Gasteiger charge is 2.49. The van der Waals surface area contributed by atoms with Gasteiger partial charge in [-0.05, 0) is 44.2 Å². The maximum Gasteiger partial charge on any atom is 0.516 e. The fourth-order valence-corrected chi connectivity index (χ4v) is 4.05. The molecule has 0 atom stereocenters. The second kappa shape index (κ2) is 9.15. The molecule has 1 fully saturated rings. The Labute approximate surface area is 164 Å². The number of benzene rings is 1. The van der Waals surface area contributed by atoms with Gasteiger partial charge >= 0.3 is 15.5 Å². The zero-order chi connectivity index (χ0) is 20.9. The first-order valence-corrected chi connectivity index (χ1v) is 10.9. The van der Waals surface area contributed by atoms with Crippen LogP contribution in [0.3, 0.4) is 0 Å². The molecule has 0 aliphatic heterocycles. The van der Waals surface area contributed by atoms with Crippen LogP contribution < -0.4 is 4.31 Å². The summed E-state index contributed by atoms with van der Waals surface area (Å²) < 4.78 is 62.9. The Bertz CT molecular complexity index is 801. The summed E-state index contributed by atoms with van der Waals surface area (Å²) in [7, 11) is -4.61. The zero-order valence-corrected chi connectivity index (χ0v) is 17.2. The first-order chi connectivity index (χ1) is 13.1. The van der Waals surface area contributed by atoms with Crippen molar-refractivity contribution in [2.45, 2.75) is 57.9 Å². The molecule has 1 aromatic rings. The van der Waals surface area contributed by atoms with Crippen molar-refractivity contribution >= 4 is 21.4 Å². The van der Waals surface area contributed by atoms with E-state index in [0.29, 0.717) is 30.2 Å². The summed E-state index contributed by atoms with van der Waals surface area (Å²) in [6, 6.07) is 4.56. The van der Waals surface area contributed by atoms with Gasteiger partial charge < -0.3 is 4.84 Å². The second-order valence-electron chi connectivity index (χ2n) is 7.13. The Morgan fingerprint density at radius 3 is 2.46 bits per heavy atom. The molecule has 0 radical (unpaired) electrons. The molecule has 2 rings (SSSR count). The largest absolute Gasteiger partial charge is 0.516 e. The van der Waals surface area contributed by atoms with E-state index in [1.54, 1.807) is 26.0 Å². The zero-order valence-electron chi connectivity index (χ0n) is 16.4. The first-order valence-electron chi connectivity index (χ1n) is 9.43. The predicted molar refractivity (Wildman–Crippen MR) is 104 cm³/mol. The van der Waals surface area contributed by atoms with Gasteiger partial charge in [0, 0.05) is 12.6 Å². The number of aryl methyl sites for hydroxylation is 1. The normalized spacial score (nSPS) is 16.9. The standard InChI is InChI=1S/C19H27F3N2O3S/c1-4-17(23-27-13-15-8-6-5-7-9-15)16-12-14(2)10-11-18(16)24(3)28(25,26)19(20,21)22/h10-12,15H,4-9,13H2,1-3H3/b23-17+. The van der Waals surface area contributed by atoms with E-state index in [2.05, 4.69) is 5.16 Å². The Morgan fingerprint density at radius 1 is 1.25 bits per heavy atom. The highest BCUT2D eigenvalue weighted by Crippen LogP contribution is 2.32. The van der Waals surface area contributed by atoms with E-state index < -0.39 is 15.5 Å². The molecule has 0 amide bonds. The third kappa shape index (κ3) is 5.18.